The van der Waals surface area contributed by atoms with Gasteiger partial charge in [0.1, 0.15) is 0 Å². The number of nitrogens with two attached hydrogens (primary N) is 1. The average molecular weight is 291 g/mol. The van der Waals surface area contributed by atoms with Crippen LogP contribution in [0.15, 0.2) is 16.8 Å². The highest BCUT2D eigenvalue weighted by molar-refractivity contribution is 5.93. The van der Waals surface area contributed by atoms with Crippen LogP contribution in [-0.2, 0) is 0 Å². The molecule has 1 fully saturated rings. The Morgan fingerprint density at radius 2 is 2.05 bits per heavy atom. The lowest BCUT2D eigenvalue weighted by molar-refractivity contribution is -0.383. The maximum absolute atomic E-state index is 11.0. The van der Waals surface area contributed by atoms with E-state index in [0.29, 0.717) is 11.4 Å². The minimum atomic E-state index is -0.468. The number of anilines is 1. The maximum atomic E-state index is 11.0. The van der Waals surface area contributed by atoms with Crippen LogP contribution in [-0.4, -0.2) is 34.9 Å². The highest BCUT2D eigenvalue weighted by Gasteiger charge is 2.25. The van der Waals surface area contributed by atoms with Crippen LogP contribution in [0.3, 0.4) is 0 Å². The Kier molecular flexibility index (Phi) is 3.70. The predicted octanol–water partition coefficient (Wildman–Crippen LogP) is 1.70. The first-order valence-corrected chi connectivity index (χ1v) is 7.05. The lowest BCUT2D eigenvalue weighted by atomic mass is 9.93. The Morgan fingerprint density at radius 1 is 1.33 bits per heavy atom. The maximum Gasteiger partial charge on any atom is 0.300 e. The Morgan fingerprint density at radius 3 is 2.71 bits per heavy atom. The Bertz CT molecular complexity index is 648. The van der Waals surface area contributed by atoms with Crippen LogP contribution in [0.1, 0.15) is 19.3 Å². The van der Waals surface area contributed by atoms with E-state index in [1.165, 1.54) is 6.07 Å². The fourth-order valence-electron chi connectivity index (χ4n) is 2.94. The van der Waals surface area contributed by atoms with E-state index < -0.39 is 4.92 Å². The average Bonchev–Trinajstić information content (AvgIpc) is 2.96. The number of nitrogens with zero attached hydrogens (tertiary/aromatic N) is 4. The SMILES string of the molecule is NCCC1CCN(c2ccc([N+](=O)[O-])c3nonc23)CC1. The van der Waals surface area contributed by atoms with Crippen molar-refractivity contribution in [3.63, 3.8) is 0 Å². The third-order valence-electron chi connectivity index (χ3n) is 4.10. The van der Waals surface area contributed by atoms with Crippen LogP contribution in [0.5, 0.6) is 0 Å². The van der Waals surface area contributed by atoms with Gasteiger partial charge >= 0.3 is 5.69 Å². The molecule has 3 rings (SSSR count). The molecule has 2 N–H and O–H groups in total. The molecule has 21 heavy (non-hydrogen) atoms. The second kappa shape index (κ2) is 5.65. The molecule has 1 aliphatic rings. The Hall–Kier alpha value is -2.22. The molecule has 112 valence electrons. The van der Waals surface area contributed by atoms with Crippen LogP contribution in [0.25, 0.3) is 11.0 Å². The molecule has 1 aromatic heterocycles. The zero-order chi connectivity index (χ0) is 14.8. The summed E-state index contributed by atoms with van der Waals surface area (Å²) in [4.78, 5) is 12.7. The van der Waals surface area contributed by atoms with Crippen molar-refractivity contribution in [3.8, 4) is 0 Å². The summed E-state index contributed by atoms with van der Waals surface area (Å²) in [5.41, 5.74) is 7.05. The summed E-state index contributed by atoms with van der Waals surface area (Å²) in [7, 11) is 0. The van der Waals surface area contributed by atoms with E-state index >= 15 is 0 Å². The third-order valence-corrected chi connectivity index (χ3v) is 4.10. The number of hydrogen-bond acceptors (Lipinski definition) is 7. The van der Waals surface area contributed by atoms with Crippen LogP contribution in [0, 0.1) is 16.0 Å². The van der Waals surface area contributed by atoms with Gasteiger partial charge in [-0.25, -0.2) is 4.63 Å². The molecule has 2 heterocycles. The van der Waals surface area contributed by atoms with Gasteiger partial charge in [-0.3, -0.25) is 10.1 Å². The molecule has 0 radical (unpaired) electrons. The molecule has 0 spiro atoms. The molecular weight excluding hydrogens is 274 g/mol. The summed E-state index contributed by atoms with van der Waals surface area (Å²) in [5.74, 6) is 0.662. The van der Waals surface area contributed by atoms with Crippen molar-refractivity contribution in [1.82, 2.24) is 10.3 Å². The summed E-state index contributed by atoms with van der Waals surface area (Å²) < 4.78 is 4.70. The van der Waals surface area contributed by atoms with Crippen molar-refractivity contribution < 1.29 is 9.55 Å². The van der Waals surface area contributed by atoms with Crippen molar-refractivity contribution in [3.05, 3.63) is 22.2 Å². The van der Waals surface area contributed by atoms with Crippen molar-refractivity contribution in [2.24, 2.45) is 11.7 Å². The van der Waals surface area contributed by atoms with Crippen molar-refractivity contribution in [2.75, 3.05) is 24.5 Å². The number of nitro benzene ring substituents is 1. The Labute approximate surface area is 121 Å². The van der Waals surface area contributed by atoms with E-state index in [2.05, 4.69) is 15.2 Å². The van der Waals surface area contributed by atoms with Gasteiger partial charge in [0.25, 0.3) is 0 Å². The standard InChI is InChI=1S/C13H17N5O3/c14-6-3-9-4-7-17(8-5-9)10-1-2-11(18(19)20)13-12(10)15-21-16-13/h1-2,9H,3-8,14H2. The number of benzene rings is 1. The number of aromatic nitrogens is 2. The van der Waals surface area contributed by atoms with Gasteiger partial charge in [-0.15, -0.1) is 0 Å². The molecule has 0 amide bonds. The second-order valence-corrected chi connectivity index (χ2v) is 5.33. The molecule has 0 atom stereocenters. The number of piperidine rings is 1. The molecule has 8 nitrogen and oxygen atoms in total. The van der Waals surface area contributed by atoms with E-state index in [9.17, 15) is 10.1 Å². The fraction of sp³-hybridized carbons (Fsp3) is 0.538. The normalized spacial score (nSPS) is 16.5. The van der Waals surface area contributed by atoms with E-state index in [0.717, 1.165) is 44.6 Å². The van der Waals surface area contributed by atoms with Crippen molar-refractivity contribution >= 4 is 22.4 Å². The van der Waals surface area contributed by atoms with Gasteiger partial charge in [0.2, 0.25) is 5.52 Å². The van der Waals surface area contributed by atoms with Crippen LogP contribution < -0.4 is 10.6 Å². The summed E-state index contributed by atoms with van der Waals surface area (Å²) >= 11 is 0. The smallest absolute Gasteiger partial charge is 0.300 e. The largest absolute Gasteiger partial charge is 0.370 e. The van der Waals surface area contributed by atoms with Gasteiger partial charge < -0.3 is 10.6 Å². The number of fused-ring (bicyclic) bond motifs is 1. The quantitative estimate of drug-likeness (QED) is 0.674. The van der Waals surface area contributed by atoms with E-state index in [1.807, 2.05) is 0 Å². The molecule has 1 aromatic carbocycles. The molecular formula is C13H17N5O3. The summed E-state index contributed by atoms with van der Waals surface area (Å²) in [6, 6.07) is 3.20. The van der Waals surface area contributed by atoms with Crippen LogP contribution in [0.4, 0.5) is 11.4 Å². The molecule has 1 saturated heterocycles. The summed E-state index contributed by atoms with van der Waals surface area (Å²) in [6.45, 7) is 2.51. The van der Waals surface area contributed by atoms with Gasteiger partial charge in [-0.1, -0.05) is 0 Å². The van der Waals surface area contributed by atoms with Gasteiger partial charge in [-0.2, -0.15) is 0 Å². The fourth-order valence-corrected chi connectivity index (χ4v) is 2.94. The highest BCUT2D eigenvalue weighted by Crippen LogP contribution is 2.33. The second-order valence-electron chi connectivity index (χ2n) is 5.33. The number of nitro groups is 1. The minimum absolute atomic E-state index is 0.0759. The first-order chi connectivity index (χ1) is 10.2. The summed E-state index contributed by atoms with van der Waals surface area (Å²) in [6.07, 6.45) is 3.19. The molecule has 0 bridgehead atoms. The molecule has 0 unspecified atom stereocenters. The van der Waals surface area contributed by atoms with E-state index in [1.54, 1.807) is 6.07 Å². The predicted molar refractivity (Wildman–Crippen MR) is 77.1 cm³/mol. The van der Waals surface area contributed by atoms with E-state index in [-0.39, 0.29) is 11.2 Å². The number of non-ortho nitro benzene ring substituents is 1. The topological polar surface area (TPSA) is 111 Å². The highest BCUT2D eigenvalue weighted by atomic mass is 16.6. The van der Waals surface area contributed by atoms with Gasteiger partial charge in [0.05, 0.1) is 10.6 Å². The lowest BCUT2D eigenvalue weighted by Gasteiger charge is -2.33. The van der Waals surface area contributed by atoms with E-state index in [4.69, 9.17) is 10.4 Å². The van der Waals surface area contributed by atoms with Crippen LogP contribution in [0.2, 0.25) is 0 Å². The number of rotatable bonds is 4. The molecule has 8 heteroatoms. The Balaban J connectivity index is 1.87. The van der Waals surface area contributed by atoms with Gasteiger partial charge in [-0.05, 0) is 48.1 Å². The molecule has 0 aliphatic carbocycles. The summed E-state index contributed by atoms with van der Waals surface area (Å²) in [5, 5.41) is 18.5. The zero-order valence-corrected chi connectivity index (χ0v) is 11.6. The van der Waals surface area contributed by atoms with Gasteiger partial charge in [0.15, 0.2) is 5.52 Å². The van der Waals surface area contributed by atoms with Crippen LogP contribution >= 0.6 is 0 Å². The molecule has 2 aromatic rings. The van der Waals surface area contributed by atoms with Crippen molar-refractivity contribution in [1.29, 1.82) is 0 Å². The molecule has 1 aliphatic heterocycles. The number of hydrogen-bond donors (Lipinski definition) is 1. The first-order valence-electron chi connectivity index (χ1n) is 7.05. The molecule has 0 saturated carbocycles. The zero-order valence-electron chi connectivity index (χ0n) is 11.6. The van der Waals surface area contributed by atoms with Crippen molar-refractivity contribution in [2.45, 2.75) is 19.3 Å². The third kappa shape index (κ3) is 2.54. The first kappa shape index (κ1) is 13.7. The monoisotopic (exact) mass is 291 g/mol. The lowest BCUT2D eigenvalue weighted by Crippen LogP contribution is -2.34. The van der Waals surface area contributed by atoms with Gasteiger partial charge in [0, 0.05) is 19.2 Å². The minimum Gasteiger partial charge on any atom is -0.370 e.